The highest BCUT2D eigenvalue weighted by molar-refractivity contribution is 6.32. The van der Waals surface area contributed by atoms with Crippen LogP contribution in [0.4, 0.5) is 10.5 Å². The minimum atomic E-state index is -1.12. The molecule has 1 N–H and O–H groups in total. The number of halogens is 1. The van der Waals surface area contributed by atoms with Gasteiger partial charge in [0.2, 0.25) is 0 Å². The van der Waals surface area contributed by atoms with Gasteiger partial charge in [0.1, 0.15) is 11.2 Å². The summed E-state index contributed by atoms with van der Waals surface area (Å²) in [6, 6.07) is 3.31. The van der Waals surface area contributed by atoms with Crippen molar-refractivity contribution in [2.24, 2.45) is 0 Å². The standard InChI is InChI=1S/C20H28ClN3O4/c1-18(2,3)27-16(25)20(7,8)24-15-12(11-22-24)9-13(21)10-14(15)23-17(26)28-19(4,5)6/h9-11H,1-8H3,(H,23,26). The number of carbonyl (C=O) groups is 2. The summed E-state index contributed by atoms with van der Waals surface area (Å²) in [7, 11) is 0. The fourth-order valence-electron chi connectivity index (χ4n) is 2.55. The number of nitrogens with zero attached hydrogens (tertiary/aromatic N) is 2. The Morgan fingerprint density at radius 3 is 2.11 bits per heavy atom. The Morgan fingerprint density at radius 2 is 1.57 bits per heavy atom. The summed E-state index contributed by atoms with van der Waals surface area (Å²) in [5.74, 6) is -0.442. The molecule has 1 aromatic carbocycles. The van der Waals surface area contributed by atoms with Crippen LogP contribution in [-0.4, -0.2) is 33.0 Å². The lowest BCUT2D eigenvalue weighted by atomic mass is 10.0. The lowest BCUT2D eigenvalue weighted by molar-refractivity contribution is -0.164. The van der Waals surface area contributed by atoms with Crippen molar-refractivity contribution >= 4 is 40.3 Å². The van der Waals surface area contributed by atoms with Gasteiger partial charge < -0.3 is 9.47 Å². The summed E-state index contributed by atoms with van der Waals surface area (Å²) in [6.45, 7) is 14.1. The van der Waals surface area contributed by atoms with Gasteiger partial charge in [-0.1, -0.05) is 11.6 Å². The normalized spacial score (nSPS) is 12.8. The summed E-state index contributed by atoms with van der Waals surface area (Å²) in [4.78, 5) is 25.1. The molecule has 1 aromatic heterocycles. The highest BCUT2D eigenvalue weighted by Crippen LogP contribution is 2.33. The maximum atomic E-state index is 12.8. The molecule has 0 unspecified atom stereocenters. The summed E-state index contributed by atoms with van der Waals surface area (Å²) >= 11 is 6.19. The van der Waals surface area contributed by atoms with Crippen LogP contribution in [0.5, 0.6) is 0 Å². The van der Waals surface area contributed by atoms with Crippen molar-refractivity contribution in [2.75, 3.05) is 5.32 Å². The predicted molar refractivity (Wildman–Crippen MR) is 110 cm³/mol. The third-order valence-electron chi connectivity index (χ3n) is 3.69. The van der Waals surface area contributed by atoms with Crippen molar-refractivity contribution in [3.63, 3.8) is 0 Å². The maximum absolute atomic E-state index is 12.8. The molecule has 0 radical (unpaired) electrons. The topological polar surface area (TPSA) is 82.5 Å². The Kier molecular flexibility index (Phi) is 5.72. The number of nitrogens with one attached hydrogen (secondary N) is 1. The zero-order valence-electron chi connectivity index (χ0n) is 17.6. The number of esters is 1. The quantitative estimate of drug-likeness (QED) is 0.712. The zero-order chi connectivity index (χ0) is 21.5. The van der Waals surface area contributed by atoms with E-state index in [2.05, 4.69) is 10.4 Å². The Balaban J connectivity index is 2.51. The van der Waals surface area contributed by atoms with Crippen LogP contribution in [0.3, 0.4) is 0 Å². The third-order valence-corrected chi connectivity index (χ3v) is 3.91. The van der Waals surface area contributed by atoms with Gasteiger partial charge in [0.25, 0.3) is 0 Å². The highest BCUT2D eigenvalue weighted by Gasteiger charge is 2.37. The summed E-state index contributed by atoms with van der Waals surface area (Å²) in [6.07, 6.45) is 0.965. The van der Waals surface area contributed by atoms with Gasteiger partial charge >= 0.3 is 12.1 Å². The molecule has 0 atom stereocenters. The van der Waals surface area contributed by atoms with E-state index in [4.69, 9.17) is 21.1 Å². The Morgan fingerprint density at radius 1 is 1.00 bits per heavy atom. The molecule has 0 aliphatic rings. The summed E-state index contributed by atoms with van der Waals surface area (Å²) in [5.41, 5.74) is -1.47. The molecule has 0 aliphatic heterocycles. The third kappa shape index (κ3) is 5.16. The number of carbonyl (C=O) groups excluding carboxylic acids is 2. The van der Waals surface area contributed by atoms with E-state index < -0.39 is 28.8 Å². The lowest BCUT2D eigenvalue weighted by Gasteiger charge is -2.29. The van der Waals surface area contributed by atoms with Crippen molar-refractivity contribution < 1.29 is 19.1 Å². The second-order valence-corrected chi connectivity index (χ2v) is 9.57. The molecule has 8 heteroatoms. The van der Waals surface area contributed by atoms with Crippen molar-refractivity contribution in [2.45, 2.75) is 72.1 Å². The largest absolute Gasteiger partial charge is 0.458 e. The van der Waals surface area contributed by atoms with E-state index in [0.717, 1.165) is 0 Å². The van der Waals surface area contributed by atoms with Crippen LogP contribution in [0, 0.1) is 0 Å². The highest BCUT2D eigenvalue weighted by atomic mass is 35.5. The van der Waals surface area contributed by atoms with E-state index in [1.807, 2.05) is 0 Å². The molecule has 0 spiro atoms. The number of benzene rings is 1. The zero-order valence-corrected chi connectivity index (χ0v) is 18.4. The molecule has 0 saturated carbocycles. The number of hydrogen-bond acceptors (Lipinski definition) is 5. The number of rotatable bonds is 3. The smallest absolute Gasteiger partial charge is 0.412 e. The van der Waals surface area contributed by atoms with E-state index in [1.54, 1.807) is 73.7 Å². The average Bonchev–Trinajstić information content (AvgIpc) is 2.87. The van der Waals surface area contributed by atoms with Crippen LogP contribution < -0.4 is 5.32 Å². The first kappa shape index (κ1) is 22.0. The monoisotopic (exact) mass is 409 g/mol. The molecule has 0 bridgehead atoms. The van der Waals surface area contributed by atoms with Gasteiger partial charge in [-0.05, 0) is 67.5 Å². The van der Waals surface area contributed by atoms with Crippen molar-refractivity contribution in [3.8, 4) is 0 Å². The number of ether oxygens (including phenoxy) is 2. The summed E-state index contributed by atoms with van der Waals surface area (Å²) < 4.78 is 12.4. The lowest BCUT2D eigenvalue weighted by Crippen LogP contribution is -2.42. The van der Waals surface area contributed by atoms with E-state index in [1.165, 1.54) is 4.68 Å². The van der Waals surface area contributed by atoms with Crippen molar-refractivity contribution in [1.29, 1.82) is 0 Å². The van der Waals surface area contributed by atoms with Crippen LogP contribution in [0.1, 0.15) is 55.4 Å². The second-order valence-electron chi connectivity index (χ2n) is 9.14. The van der Waals surface area contributed by atoms with Gasteiger partial charge in [0.05, 0.1) is 17.4 Å². The number of amides is 1. The predicted octanol–water partition coefficient (Wildman–Crippen LogP) is 5.11. The van der Waals surface area contributed by atoms with E-state index in [9.17, 15) is 9.59 Å². The molecule has 0 fully saturated rings. The minimum absolute atomic E-state index is 0.394. The Hall–Kier alpha value is -2.28. The molecule has 2 aromatic rings. The summed E-state index contributed by atoms with van der Waals surface area (Å²) in [5, 5.41) is 8.18. The fourth-order valence-corrected chi connectivity index (χ4v) is 2.78. The van der Waals surface area contributed by atoms with Crippen LogP contribution >= 0.6 is 11.6 Å². The van der Waals surface area contributed by atoms with E-state index in [0.29, 0.717) is 21.6 Å². The number of fused-ring (bicyclic) bond motifs is 1. The number of hydrogen-bond donors (Lipinski definition) is 1. The maximum Gasteiger partial charge on any atom is 0.412 e. The molecule has 1 amide bonds. The van der Waals surface area contributed by atoms with Gasteiger partial charge in [0, 0.05) is 10.4 Å². The fraction of sp³-hybridized carbons (Fsp3) is 0.550. The van der Waals surface area contributed by atoms with Gasteiger partial charge in [0.15, 0.2) is 5.54 Å². The van der Waals surface area contributed by atoms with Gasteiger partial charge in [-0.15, -0.1) is 0 Å². The van der Waals surface area contributed by atoms with Gasteiger partial charge in [-0.2, -0.15) is 5.10 Å². The van der Waals surface area contributed by atoms with Crippen molar-refractivity contribution in [3.05, 3.63) is 23.4 Å². The molecule has 0 aliphatic carbocycles. The number of anilines is 1. The van der Waals surface area contributed by atoms with Gasteiger partial charge in [-0.3, -0.25) is 5.32 Å². The molecule has 2 rings (SSSR count). The van der Waals surface area contributed by atoms with Crippen LogP contribution in [0.15, 0.2) is 18.3 Å². The molecule has 28 heavy (non-hydrogen) atoms. The second kappa shape index (κ2) is 7.28. The molecule has 154 valence electrons. The van der Waals surface area contributed by atoms with Crippen LogP contribution in [0.2, 0.25) is 5.02 Å². The van der Waals surface area contributed by atoms with Crippen LogP contribution in [-0.2, 0) is 19.8 Å². The Bertz CT molecular complexity index is 905. The van der Waals surface area contributed by atoms with E-state index in [-0.39, 0.29) is 0 Å². The van der Waals surface area contributed by atoms with Gasteiger partial charge in [-0.25, -0.2) is 14.3 Å². The van der Waals surface area contributed by atoms with E-state index >= 15 is 0 Å². The molecular formula is C20H28ClN3O4. The first-order chi connectivity index (χ1) is 12.6. The van der Waals surface area contributed by atoms with Crippen molar-refractivity contribution in [1.82, 2.24) is 9.78 Å². The average molecular weight is 410 g/mol. The molecule has 7 nitrogen and oxygen atoms in total. The first-order valence-electron chi connectivity index (χ1n) is 9.01. The molecular weight excluding hydrogens is 382 g/mol. The number of aromatic nitrogens is 2. The Labute approximate surface area is 170 Å². The molecule has 1 heterocycles. The minimum Gasteiger partial charge on any atom is -0.458 e. The SMILES string of the molecule is CC(C)(C)OC(=O)Nc1cc(Cl)cc2cnn(C(C)(C)C(=O)OC(C)(C)C)c12. The van der Waals surface area contributed by atoms with Crippen LogP contribution in [0.25, 0.3) is 10.9 Å². The molecule has 0 saturated heterocycles. The first-order valence-corrected chi connectivity index (χ1v) is 9.39.